The largest absolute Gasteiger partial charge is 0.463 e. The summed E-state index contributed by atoms with van der Waals surface area (Å²) in [5.41, 5.74) is 10.3. The van der Waals surface area contributed by atoms with Gasteiger partial charge in [0.15, 0.2) is 0 Å². The number of methoxy groups -OCH3 is 1. The van der Waals surface area contributed by atoms with Crippen LogP contribution in [0.15, 0.2) is 9.98 Å². The lowest BCUT2D eigenvalue weighted by molar-refractivity contribution is -0.132. The molecule has 0 aromatic rings. The second-order valence-corrected chi connectivity index (χ2v) is 1.82. The Morgan fingerprint density at radius 3 is 2.83 bits per heavy atom. The van der Waals surface area contributed by atoms with Crippen molar-refractivity contribution in [1.29, 1.82) is 0 Å². The van der Waals surface area contributed by atoms with Crippen molar-refractivity contribution in [2.75, 3.05) is 20.2 Å². The molecule has 0 unspecified atom stereocenters. The minimum absolute atomic E-state index is 0.224. The zero-order chi connectivity index (χ0) is 9.40. The van der Waals surface area contributed by atoms with Crippen LogP contribution in [0.5, 0.6) is 0 Å². The van der Waals surface area contributed by atoms with E-state index in [0.717, 1.165) is 0 Å². The maximum atomic E-state index is 10.6. The summed E-state index contributed by atoms with van der Waals surface area (Å²) in [6.07, 6.45) is 1.18. The minimum atomic E-state index is -0.672. The van der Waals surface area contributed by atoms with Gasteiger partial charge in [0.05, 0.1) is 13.7 Å². The summed E-state index contributed by atoms with van der Waals surface area (Å²) in [6.45, 7) is 0.891. The molecule has 0 atom stereocenters. The molecular weight excluding hydrogens is 160 g/mol. The molecule has 0 aromatic heterocycles. The fourth-order valence-electron chi connectivity index (χ4n) is 0.393. The second-order valence-electron chi connectivity index (χ2n) is 1.82. The molecule has 68 valence electrons. The number of hydrogen-bond donors (Lipinski definition) is 2. The van der Waals surface area contributed by atoms with Crippen molar-refractivity contribution in [3.05, 3.63) is 0 Å². The third-order valence-corrected chi connectivity index (χ3v) is 0.931. The predicted molar refractivity (Wildman–Crippen MR) is 46.1 cm³/mol. The normalized spacial score (nSPS) is 12.0. The van der Waals surface area contributed by atoms with Gasteiger partial charge >= 0.3 is 5.97 Å². The van der Waals surface area contributed by atoms with Gasteiger partial charge in [0, 0.05) is 6.54 Å². The number of nitrogens with zero attached hydrogens (tertiary/aromatic N) is 2. The van der Waals surface area contributed by atoms with Crippen molar-refractivity contribution in [3.63, 3.8) is 0 Å². The molecule has 6 heteroatoms. The van der Waals surface area contributed by atoms with Crippen LogP contribution in [0.25, 0.3) is 0 Å². The molecule has 0 heterocycles. The first kappa shape index (κ1) is 10.6. The molecule has 0 rings (SSSR count). The van der Waals surface area contributed by atoms with Gasteiger partial charge in [-0.05, 0) is 0 Å². The fourth-order valence-corrected chi connectivity index (χ4v) is 0.393. The second kappa shape index (κ2) is 6.29. The van der Waals surface area contributed by atoms with Crippen LogP contribution in [0.1, 0.15) is 0 Å². The summed E-state index contributed by atoms with van der Waals surface area (Å²) in [5, 5.41) is 0. The topological polar surface area (TPSA) is 103 Å². The monoisotopic (exact) mass is 172 g/mol. The van der Waals surface area contributed by atoms with Crippen LogP contribution in [0.3, 0.4) is 0 Å². The molecule has 0 spiro atoms. The number of rotatable bonds is 3. The molecule has 0 aliphatic rings. The highest BCUT2D eigenvalue weighted by Gasteiger charge is 2.03. The van der Waals surface area contributed by atoms with Crippen molar-refractivity contribution < 1.29 is 9.53 Å². The molecule has 0 saturated carbocycles. The number of carbonyl (C=O) groups excluding carboxylic acids is 1. The molecule has 0 bridgehead atoms. The zero-order valence-corrected chi connectivity index (χ0v) is 6.86. The Labute approximate surface area is 70.3 Å². The van der Waals surface area contributed by atoms with Crippen molar-refractivity contribution in [2.45, 2.75) is 0 Å². The van der Waals surface area contributed by atoms with Crippen molar-refractivity contribution in [3.8, 4) is 0 Å². The van der Waals surface area contributed by atoms with Crippen LogP contribution in [-0.4, -0.2) is 38.3 Å². The van der Waals surface area contributed by atoms with Gasteiger partial charge in [-0.3, -0.25) is 4.99 Å². The summed E-state index contributed by atoms with van der Waals surface area (Å²) in [6, 6.07) is 0. The quantitative estimate of drug-likeness (QED) is 0.307. The van der Waals surface area contributed by atoms with Gasteiger partial charge < -0.3 is 16.2 Å². The number of carbonyl (C=O) groups is 1. The van der Waals surface area contributed by atoms with Gasteiger partial charge in [-0.15, -0.1) is 0 Å². The van der Waals surface area contributed by atoms with E-state index >= 15 is 0 Å². The lowest BCUT2D eigenvalue weighted by Crippen LogP contribution is -2.25. The SMILES string of the molecule is COC(=O)C(N)=NC=NCCN. The highest BCUT2D eigenvalue weighted by molar-refractivity contribution is 6.35. The molecule has 0 aliphatic carbocycles. The summed E-state index contributed by atoms with van der Waals surface area (Å²) < 4.78 is 4.29. The van der Waals surface area contributed by atoms with E-state index in [1.807, 2.05) is 0 Å². The van der Waals surface area contributed by atoms with E-state index < -0.39 is 5.97 Å². The number of amidine groups is 1. The molecule has 6 nitrogen and oxygen atoms in total. The van der Waals surface area contributed by atoms with Crippen LogP contribution in [-0.2, 0) is 9.53 Å². The van der Waals surface area contributed by atoms with Gasteiger partial charge in [0.25, 0.3) is 0 Å². The van der Waals surface area contributed by atoms with Gasteiger partial charge in [0.2, 0.25) is 5.84 Å². The van der Waals surface area contributed by atoms with E-state index in [4.69, 9.17) is 11.5 Å². The van der Waals surface area contributed by atoms with Crippen molar-refractivity contribution in [1.82, 2.24) is 0 Å². The smallest absolute Gasteiger partial charge is 0.373 e. The third-order valence-electron chi connectivity index (χ3n) is 0.931. The fraction of sp³-hybridized carbons (Fsp3) is 0.500. The number of esters is 1. The first-order valence-electron chi connectivity index (χ1n) is 3.32. The van der Waals surface area contributed by atoms with E-state index in [-0.39, 0.29) is 5.84 Å². The molecule has 4 N–H and O–H groups in total. The molecule has 0 aromatic carbocycles. The van der Waals surface area contributed by atoms with Gasteiger partial charge in [-0.25, -0.2) is 9.79 Å². The predicted octanol–water partition coefficient (Wildman–Crippen LogP) is -1.50. The van der Waals surface area contributed by atoms with Crippen molar-refractivity contribution >= 4 is 18.1 Å². The number of hydrogen-bond acceptors (Lipinski definition) is 4. The van der Waals surface area contributed by atoms with E-state index in [1.54, 1.807) is 0 Å². The Hall–Kier alpha value is -1.43. The summed E-state index contributed by atoms with van der Waals surface area (Å²) >= 11 is 0. The van der Waals surface area contributed by atoms with Crippen LogP contribution in [0.2, 0.25) is 0 Å². The lowest BCUT2D eigenvalue weighted by Gasteiger charge is -1.93. The Kier molecular flexibility index (Phi) is 5.54. The average Bonchev–Trinajstić information content (AvgIpc) is 2.10. The molecule has 0 saturated heterocycles. The van der Waals surface area contributed by atoms with E-state index in [1.165, 1.54) is 13.4 Å². The molecular formula is C6H12N4O2. The standard InChI is InChI=1S/C6H12N4O2/c1-12-6(11)5(8)10-4-9-3-2-7/h4H,2-3,7H2,1H3,(H2,8,9,10). The maximum Gasteiger partial charge on any atom is 0.373 e. The zero-order valence-electron chi connectivity index (χ0n) is 6.86. The lowest BCUT2D eigenvalue weighted by atomic mass is 10.6. The molecule has 0 aliphatic heterocycles. The van der Waals surface area contributed by atoms with Gasteiger partial charge in [0.1, 0.15) is 6.34 Å². The third kappa shape index (κ3) is 4.40. The molecule has 0 fully saturated rings. The Balaban J connectivity index is 3.91. The Morgan fingerprint density at radius 2 is 2.33 bits per heavy atom. The maximum absolute atomic E-state index is 10.6. The highest BCUT2D eigenvalue weighted by Crippen LogP contribution is 1.74. The minimum Gasteiger partial charge on any atom is -0.463 e. The number of nitrogens with two attached hydrogens (primary N) is 2. The Bertz CT molecular complexity index is 200. The van der Waals surface area contributed by atoms with E-state index in [2.05, 4.69) is 14.7 Å². The number of ether oxygens (including phenoxy) is 1. The molecule has 0 radical (unpaired) electrons. The van der Waals surface area contributed by atoms with Crippen LogP contribution in [0.4, 0.5) is 0 Å². The summed E-state index contributed by atoms with van der Waals surface area (Å²) in [7, 11) is 1.22. The molecule has 0 amide bonds. The van der Waals surface area contributed by atoms with E-state index in [0.29, 0.717) is 13.1 Å². The van der Waals surface area contributed by atoms with Gasteiger partial charge in [-0.1, -0.05) is 0 Å². The van der Waals surface area contributed by atoms with E-state index in [9.17, 15) is 4.79 Å². The first-order valence-corrected chi connectivity index (χ1v) is 3.32. The van der Waals surface area contributed by atoms with Crippen LogP contribution in [0, 0.1) is 0 Å². The average molecular weight is 172 g/mol. The van der Waals surface area contributed by atoms with Crippen LogP contribution >= 0.6 is 0 Å². The highest BCUT2D eigenvalue weighted by atomic mass is 16.5. The first-order chi connectivity index (χ1) is 5.72. The molecule has 12 heavy (non-hydrogen) atoms. The number of aliphatic imine (C=N–C) groups is 2. The van der Waals surface area contributed by atoms with Crippen molar-refractivity contribution in [2.24, 2.45) is 21.5 Å². The summed E-state index contributed by atoms with van der Waals surface area (Å²) in [5.74, 6) is -0.896. The Morgan fingerprint density at radius 1 is 1.67 bits per heavy atom. The van der Waals surface area contributed by atoms with Crippen LogP contribution < -0.4 is 11.5 Å². The van der Waals surface area contributed by atoms with Gasteiger partial charge in [-0.2, -0.15) is 0 Å². The summed E-state index contributed by atoms with van der Waals surface area (Å²) in [4.78, 5) is 17.8.